The van der Waals surface area contributed by atoms with Crippen LogP contribution in [0.1, 0.15) is 60.1 Å². The maximum Gasteiger partial charge on any atom is 0.254 e. The van der Waals surface area contributed by atoms with Crippen LogP contribution < -0.4 is 0 Å². The first-order valence-corrected chi connectivity index (χ1v) is 13.6. The lowest BCUT2D eigenvalue weighted by atomic mass is 9.94. The summed E-state index contributed by atoms with van der Waals surface area (Å²) in [6, 6.07) is 19.8. The highest BCUT2D eigenvalue weighted by Gasteiger charge is 2.29. The highest BCUT2D eigenvalue weighted by molar-refractivity contribution is 5.96. The van der Waals surface area contributed by atoms with Gasteiger partial charge in [0, 0.05) is 50.3 Å². The zero-order valence-electron chi connectivity index (χ0n) is 22.2. The molecule has 0 N–H and O–H groups in total. The molecule has 1 saturated carbocycles. The van der Waals surface area contributed by atoms with E-state index >= 15 is 0 Å². The molecule has 0 unspecified atom stereocenters. The summed E-state index contributed by atoms with van der Waals surface area (Å²) in [7, 11) is 1.64. The number of methoxy groups -OCH3 is 1. The van der Waals surface area contributed by atoms with Gasteiger partial charge in [0.15, 0.2) is 0 Å². The molecule has 1 heterocycles. The molecule has 6 nitrogen and oxygen atoms in total. The number of carbonyl (C=O) groups excluding carboxylic acids is 2. The summed E-state index contributed by atoms with van der Waals surface area (Å²) in [4.78, 5) is 30.9. The molecule has 4 rings (SSSR count). The molecule has 1 aromatic heterocycles. The van der Waals surface area contributed by atoms with E-state index in [1.807, 2.05) is 41.4 Å². The number of carbonyl (C=O) groups is 2. The molecule has 1 aliphatic carbocycles. The quantitative estimate of drug-likeness (QED) is 0.296. The molecule has 0 saturated heterocycles. The molecule has 1 aliphatic rings. The van der Waals surface area contributed by atoms with E-state index in [0.717, 1.165) is 36.9 Å². The Morgan fingerprint density at radius 3 is 2.42 bits per heavy atom. The van der Waals surface area contributed by atoms with Gasteiger partial charge in [0.05, 0.1) is 6.54 Å². The van der Waals surface area contributed by atoms with Gasteiger partial charge in [0.2, 0.25) is 5.91 Å². The van der Waals surface area contributed by atoms with E-state index in [2.05, 4.69) is 4.57 Å². The molecule has 2 amide bonds. The van der Waals surface area contributed by atoms with Gasteiger partial charge >= 0.3 is 0 Å². The van der Waals surface area contributed by atoms with Crippen LogP contribution in [0.2, 0.25) is 0 Å². The zero-order valence-corrected chi connectivity index (χ0v) is 22.2. The van der Waals surface area contributed by atoms with Crippen molar-refractivity contribution in [3.05, 3.63) is 95.6 Å². The molecule has 38 heavy (non-hydrogen) atoms. The number of nitrogens with zero attached hydrogens (tertiary/aromatic N) is 3. The van der Waals surface area contributed by atoms with E-state index in [9.17, 15) is 14.0 Å². The second-order valence-electron chi connectivity index (χ2n) is 10.0. The summed E-state index contributed by atoms with van der Waals surface area (Å²) in [5.74, 6) is -0.429. The average Bonchev–Trinajstić information content (AvgIpc) is 3.39. The number of halogens is 1. The molecule has 0 atom stereocenters. The number of ether oxygens (including phenoxy) is 1. The number of rotatable bonds is 12. The lowest BCUT2D eigenvalue weighted by molar-refractivity contribution is -0.135. The van der Waals surface area contributed by atoms with Crippen molar-refractivity contribution in [2.45, 2.75) is 57.7 Å². The summed E-state index contributed by atoms with van der Waals surface area (Å²) >= 11 is 0. The van der Waals surface area contributed by atoms with Gasteiger partial charge in [-0.25, -0.2) is 4.39 Å². The fraction of sp³-hybridized carbons (Fsp3) is 0.419. The van der Waals surface area contributed by atoms with Crippen LogP contribution in [-0.4, -0.2) is 59.0 Å². The number of hydrogen-bond donors (Lipinski definition) is 0. The van der Waals surface area contributed by atoms with E-state index < -0.39 is 0 Å². The van der Waals surface area contributed by atoms with Gasteiger partial charge in [0.1, 0.15) is 12.4 Å². The molecule has 0 bridgehead atoms. The molecular weight excluding hydrogens is 481 g/mol. The van der Waals surface area contributed by atoms with Crippen molar-refractivity contribution in [2.24, 2.45) is 0 Å². The van der Waals surface area contributed by atoms with Gasteiger partial charge < -0.3 is 19.1 Å². The topological polar surface area (TPSA) is 54.8 Å². The normalized spacial score (nSPS) is 13.8. The van der Waals surface area contributed by atoms with E-state index in [4.69, 9.17) is 4.74 Å². The minimum absolute atomic E-state index is 0.0341. The molecule has 1 fully saturated rings. The smallest absolute Gasteiger partial charge is 0.254 e. The first-order chi connectivity index (χ1) is 18.5. The number of benzene rings is 2. The lowest BCUT2D eigenvalue weighted by Gasteiger charge is -2.36. The highest BCUT2D eigenvalue weighted by Crippen LogP contribution is 2.25. The van der Waals surface area contributed by atoms with Crippen molar-refractivity contribution in [2.75, 3.05) is 26.8 Å². The van der Waals surface area contributed by atoms with Crippen molar-refractivity contribution in [3.63, 3.8) is 0 Å². The third kappa shape index (κ3) is 7.54. The van der Waals surface area contributed by atoms with Crippen LogP contribution in [0.3, 0.4) is 0 Å². The molecule has 2 aromatic carbocycles. The van der Waals surface area contributed by atoms with Crippen LogP contribution in [0, 0.1) is 5.82 Å². The Balaban J connectivity index is 1.53. The number of hydrogen-bond acceptors (Lipinski definition) is 3. The fourth-order valence-corrected chi connectivity index (χ4v) is 5.19. The van der Waals surface area contributed by atoms with Gasteiger partial charge in [-0.15, -0.1) is 0 Å². The molecule has 0 aliphatic heterocycles. The summed E-state index contributed by atoms with van der Waals surface area (Å²) in [6.07, 6.45) is 8.00. The van der Waals surface area contributed by atoms with E-state index in [-0.39, 0.29) is 30.2 Å². The summed E-state index contributed by atoms with van der Waals surface area (Å²) < 4.78 is 20.7. The van der Waals surface area contributed by atoms with Crippen molar-refractivity contribution < 1.29 is 18.7 Å². The van der Waals surface area contributed by atoms with Crippen molar-refractivity contribution in [1.29, 1.82) is 0 Å². The van der Waals surface area contributed by atoms with Crippen LogP contribution >= 0.6 is 0 Å². The third-order valence-corrected chi connectivity index (χ3v) is 7.27. The molecule has 0 spiro atoms. The van der Waals surface area contributed by atoms with Crippen LogP contribution in [0.4, 0.5) is 4.39 Å². The zero-order chi connectivity index (χ0) is 26.7. The van der Waals surface area contributed by atoms with Crippen LogP contribution in [0.5, 0.6) is 0 Å². The monoisotopic (exact) mass is 519 g/mol. The minimum Gasteiger partial charge on any atom is -0.385 e. The Morgan fingerprint density at radius 1 is 0.974 bits per heavy atom. The SMILES string of the molecule is COCCCN(CC(=O)N(Cc1cccn1Cc1ccc(F)cc1)C1CCCCC1)C(=O)c1ccccc1. The van der Waals surface area contributed by atoms with Crippen molar-refractivity contribution in [3.8, 4) is 0 Å². The van der Waals surface area contributed by atoms with Crippen LogP contribution in [0.25, 0.3) is 0 Å². The van der Waals surface area contributed by atoms with E-state index in [1.165, 1.54) is 18.6 Å². The fourth-order valence-electron chi connectivity index (χ4n) is 5.19. The van der Waals surface area contributed by atoms with Crippen molar-refractivity contribution in [1.82, 2.24) is 14.4 Å². The Kier molecular flexibility index (Phi) is 10.1. The summed E-state index contributed by atoms with van der Waals surface area (Å²) in [5.41, 5.74) is 2.60. The lowest BCUT2D eigenvalue weighted by Crippen LogP contribution is -2.48. The largest absolute Gasteiger partial charge is 0.385 e. The molecular formula is C31H38FN3O3. The number of amides is 2. The Bertz CT molecular complexity index is 1160. The van der Waals surface area contributed by atoms with Crippen molar-refractivity contribution >= 4 is 11.8 Å². The van der Waals surface area contributed by atoms with Gasteiger partial charge in [-0.1, -0.05) is 49.6 Å². The van der Waals surface area contributed by atoms with Gasteiger partial charge in [0.25, 0.3) is 5.91 Å². The summed E-state index contributed by atoms with van der Waals surface area (Å²) in [5, 5.41) is 0. The average molecular weight is 520 g/mol. The Morgan fingerprint density at radius 2 is 1.71 bits per heavy atom. The first-order valence-electron chi connectivity index (χ1n) is 13.6. The highest BCUT2D eigenvalue weighted by atomic mass is 19.1. The second kappa shape index (κ2) is 13.9. The Hall–Kier alpha value is -3.45. The molecule has 3 aromatic rings. The predicted octanol–water partition coefficient (Wildman–Crippen LogP) is 5.52. The van der Waals surface area contributed by atoms with Crippen LogP contribution in [-0.2, 0) is 22.6 Å². The second-order valence-corrected chi connectivity index (χ2v) is 10.0. The van der Waals surface area contributed by atoms with Gasteiger partial charge in [-0.2, -0.15) is 0 Å². The Labute approximate surface area is 225 Å². The number of aromatic nitrogens is 1. The summed E-state index contributed by atoms with van der Waals surface area (Å²) in [6.45, 7) is 2.09. The van der Waals surface area contributed by atoms with Gasteiger partial charge in [-0.3, -0.25) is 9.59 Å². The van der Waals surface area contributed by atoms with Crippen LogP contribution in [0.15, 0.2) is 72.9 Å². The predicted molar refractivity (Wildman–Crippen MR) is 146 cm³/mol. The van der Waals surface area contributed by atoms with E-state index in [1.54, 1.807) is 36.3 Å². The first kappa shape index (κ1) is 27.6. The maximum absolute atomic E-state index is 13.9. The third-order valence-electron chi connectivity index (χ3n) is 7.27. The minimum atomic E-state index is -0.254. The molecule has 202 valence electrons. The molecule has 0 radical (unpaired) electrons. The van der Waals surface area contributed by atoms with Gasteiger partial charge in [-0.05, 0) is 61.2 Å². The standard InChI is InChI=1S/C31H38FN3O3/c1-38-21-9-20-34(31(37)26-10-4-2-5-11-26)24-30(36)35(28-12-6-3-7-13-28)23-29-14-8-19-33(29)22-25-15-17-27(32)18-16-25/h2,4-5,8,10-11,14-19,28H,3,6-7,9,12-13,20-24H2,1H3. The molecule has 7 heteroatoms. The maximum atomic E-state index is 13.9. The van der Waals surface area contributed by atoms with E-state index in [0.29, 0.717) is 38.2 Å².